The molecule has 0 radical (unpaired) electrons. The van der Waals surface area contributed by atoms with E-state index >= 15 is 0 Å². The fourth-order valence-electron chi connectivity index (χ4n) is 3.32. The second kappa shape index (κ2) is 8.51. The van der Waals surface area contributed by atoms with Crippen LogP contribution < -0.4 is 4.90 Å². The van der Waals surface area contributed by atoms with Gasteiger partial charge >= 0.3 is 6.11 Å². The van der Waals surface area contributed by atoms with Crippen LogP contribution in [0.5, 0.6) is 0 Å². The van der Waals surface area contributed by atoms with Crippen LogP contribution in [0.15, 0.2) is 18.3 Å². The summed E-state index contributed by atoms with van der Waals surface area (Å²) in [4.78, 5) is 6.24. The molecular formula is C20H26F2N2O3. The predicted molar refractivity (Wildman–Crippen MR) is 97.6 cm³/mol. The second-order valence-corrected chi connectivity index (χ2v) is 7.40. The zero-order valence-electron chi connectivity index (χ0n) is 15.7. The van der Waals surface area contributed by atoms with Gasteiger partial charge in [-0.3, -0.25) is 0 Å². The van der Waals surface area contributed by atoms with Gasteiger partial charge in [0.25, 0.3) is 0 Å². The van der Waals surface area contributed by atoms with E-state index < -0.39 is 12.2 Å². The fraction of sp³-hybridized carbons (Fsp3) is 0.650. The number of ether oxygens (including phenoxy) is 2. The number of piperidine rings is 1. The number of halogens is 2. The van der Waals surface area contributed by atoms with Crippen molar-refractivity contribution in [3.8, 4) is 11.8 Å². The lowest BCUT2D eigenvalue weighted by molar-refractivity contribution is -0.212. The summed E-state index contributed by atoms with van der Waals surface area (Å²) in [6.07, 6.45) is 0.948. The Morgan fingerprint density at radius 3 is 2.59 bits per heavy atom. The second-order valence-electron chi connectivity index (χ2n) is 7.40. The largest absolute Gasteiger partial charge is 0.423 e. The lowest BCUT2D eigenvalue weighted by atomic mass is 9.91. The molecular weight excluding hydrogens is 354 g/mol. The highest BCUT2D eigenvalue weighted by atomic mass is 19.3. The summed E-state index contributed by atoms with van der Waals surface area (Å²) in [5.74, 6) is 4.27. The molecule has 148 valence electrons. The highest BCUT2D eigenvalue weighted by molar-refractivity contribution is 5.50. The Labute approximate surface area is 158 Å². The monoisotopic (exact) mass is 380 g/mol. The zero-order chi connectivity index (χ0) is 19.4. The van der Waals surface area contributed by atoms with Crippen LogP contribution in [0.25, 0.3) is 0 Å². The Balaban J connectivity index is 1.55. The summed E-state index contributed by atoms with van der Waals surface area (Å²) in [7, 11) is 0. The van der Waals surface area contributed by atoms with E-state index in [-0.39, 0.29) is 18.3 Å². The van der Waals surface area contributed by atoms with Gasteiger partial charge in [-0.2, -0.15) is 8.78 Å². The molecule has 0 unspecified atom stereocenters. The van der Waals surface area contributed by atoms with E-state index in [1.807, 2.05) is 12.0 Å². The highest BCUT2D eigenvalue weighted by Crippen LogP contribution is 2.28. The molecule has 0 aromatic carbocycles. The van der Waals surface area contributed by atoms with Crippen molar-refractivity contribution in [2.45, 2.75) is 70.1 Å². The van der Waals surface area contributed by atoms with Gasteiger partial charge in [0.1, 0.15) is 5.69 Å². The molecule has 0 bridgehead atoms. The third kappa shape index (κ3) is 5.86. The lowest BCUT2D eigenvalue weighted by Gasteiger charge is -2.38. The van der Waals surface area contributed by atoms with Gasteiger partial charge in [0.05, 0.1) is 24.4 Å². The Hall–Kier alpha value is -1.75. The van der Waals surface area contributed by atoms with E-state index in [0.29, 0.717) is 5.69 Å². The molecule has 7 heteroatoms. The molecule has 1 aliphatic heterocycles. The SMILES string of the molecule is CC(C)OC(F)(F)C#Cc1cc(N2CCC(OC3CC(O)C3)CC2)ccn1. The number of alkyl halides is 2. The molecule has 1 N–H and O–H groups in total. The van der Waals surface area contributed by atoms with Gasteiger partial charge in [-0.25, -0.2) is 4.98 Å². The summed E-state index contributed by atoms with van der Waals surface area (Å²) in [5, 5.41) is 9.34. The number of aliphatic hydroxyl groups is 1. The van der Waals surface area contributed by atoms with Crippen molar-refractivity contribution in [2.75, 3.05) is 18.0 Å². The molecule has 1 saturated heterocycles. The maximum absolute atomic E-state index is 13.6. The maximum atomic E-state index is 13.6. The molecule has 5 nitrogen and oxygen atoms in total. The van der Waals surface area contributed by atoms with Crippen LogP contribution in [0.3, 0.4) is 0 Å². The average molecular weight is 380 g/mol. The Bertz CT molecular complexity index is 688. The van der Waals surface area contributed by atoms with Crippen LogP contribution in [0.4, 0.5) is 14.5 Å². The molecule has 1 saturated carbocycles. The third-order valence-corrected chi connectivity index (χ3v) is 4.73. The van der Waals surface area contributed by atoms with Crippen LogP contribution in [-0.4, -0.2) is 53.7 Å². The minimum atomic E-state index is -3.49. The average Bonchev–Trinajstić information content (AvgIpc) is 2.59. The van der Waals surface area contributed by atoms with Gasteiger partial charge in [-0.05, 0) is 57.6 Å². The van der Waals surface area contributed by atoms with Gasteiger partial charge in [-0.1, -0.05) is 0 Å². The topological polar surface area (TPSA) is 54.8 Å². The number of hydrogen-bond acceptors (Lipinski definition) is 5. The van der Waals surface area contributed by atoms with E-state index in [0.717, 1.165) is 44.5 Å². The summed E-state index contributed by atoms with van der Waals surface area (Å²) in [6.45, 7) is 4.72. The smallest absolute Gasteiger partial charge is 0.393 e. The quantitative estimate of drug-likeness (QED) is 0.796. The highest BCUT2D eigenvalue weighted by Gasteiger charge is 2.32. The first-order chi connectivity index (χ1) is 12.8. The standard InChI is InChI=1S/C20H26F2N2O3/c1-14(2)27-20(21,22)7-3-15-11-16(4-8-23-15)24-9-5-18(6-10-24)26-19-12-17(25)13-19/h4,8,11,14,17-19,25H,5-6,9-10,12-13H2,1-2H3. The Morgan fingerprint density at radius 2 is 1.96 bits per heavy atom. The molecule has 3 rings (SSSR count). The van der Waals surface area contributed by atoms with Crippen molar-refractivity contribution in [1.82, 2.24) is 4.98 Å². The maximum Gasteiger partial charge on any atom is 0.423 e. The van der Waals surface area contributed by atoms with Gasteiger partial charge in [0.15, 0.2) is 0 Å². The fourth-order valence-corrected chi connectivity index (χ4v) is 3.32. The van der Waals surface area contributed by atoms with Crippen molar-refractivity contribution in [3.63, 3.8) is 0 Å². The molecule has 2 heterocycles. The summed E-state index contributed by atoms with van der Waals surface area (Å²) < 4.78 is 37.6. The van der Waals surface area contributed by atoms with Crippen molar-refractivity contribution in [1.29, 1.82) is 0 Å². The molecule has 1 aromatic heterocycles. The Kier molecular flexibility index (Phi) is 6.30. The Morgan fingerprint density at radius 1 is 1.26 bits per heavy atom. The molecule has 2 aliphatic rings. The number of rotatable bonds is 5. The summed E-state index contributed by atoms with van der Waals surface area (Å²) in [6, 6.07) is 3.58. The van der Waals surface area contributed by atoms with E-state index in [2.05, 4.69) is 20.5 Å². The first-order valence-electron chi connectivity index (χ1n) is 9.44. The number of anilines is 1. The van der Waals surface area contributed by atoms with Crippen molar-refractivity contribution in [3.05, 3.63) is 24.0 Å². The van der Waals surface area contributed by atoms with E-state index in [9.17, 15) is 13.9 Å². The van der Waals surface area contributed by atoms with E-state index in [1.165, 1.54) is 13.8 Å². The number of pyridine rings is 1. The molecule has 0 atom stereocenters. The molecule has 27 heavy (non-hydrogen) atoms. The molecule has 1 aliphatic carbocycles. The van der Waals surface area contributed by atoms with Crippen LogP contribution in [0.1, 0.15) is 45.2 Å². The van der Waals surface area contributed by atoms with Crippen molar-refractivity contribution >= 4 is 5.69 Å². The normalized spacial score (nSPS) is 23.7. The molecule has 0 spiro atoms. The van der Waals surface area contributed by atoms with Crippen LogP contribution >= 0.6 is 0 Å². The summed E-state index contributed by atoms with van der Waals surface area (Å²) in [5.41, 5.74) is 1.21. The van der Waals surface area contributed by atoms with Gasteiger partial charge in [-0.15, -0.1) is 0 Å². The lowest BCUT2D eigenvalue weighted by Crippen LogP contribution is -2.42. The van der Waals surface area contributed by atoms with E-state index in [1.54, 1.807) is 12.3 Å². The van der Waals surface area contributed by atoms with Crippen molar-refractivity contribution in [2.24, 2.45) is 0 Å². The van der Waals surface area contributed by atoms with Gasteiger partial charge in [0, 0.05) is 30.9 Å². The number of aliphatic hydroxyl groups excluding tert-OH is 1. The first-order valence-corrected chi connectivity index (χ1v) is 9.44. The number of hydrogen-bond donors (Lipinski definition) is 1. The molecule has 0 amide bonds. The zero-order valence-corrected chi connectivity index (χ0v) is 15.7. The van der Waals surface area contributed by atoms with Crippen LogP contribution in [-0.2, 0) is 9.47 Å². The van der Waals surface area contributed by atoms with Crippen LogP contribution in [0.2, 0.25) is 0 Å². The number of aromatic nitrogens is 1. The molecule has 2 fully saturated rings. The predicted octanol–water partition coefficient (Wildman–Crippen LogP) is 2.96. The van der Waals surface area contributed by atoms with Gasteiger partial charge in [0.2, 0.25) is 0 Å². The minimum absolute atomic E-state index is 0.189. The summed E-state index contributed by atoms with van der Waals surface area (Å²) >= 11 is 0. The van der Waals surface area contributed by atoms with Crippen molar-refractivity contribution < 1.29 is 23.4 Å². The third-order valence-electron chi connectivity index (χ3n) is 4.73. The first kappa shape index (κ1) is 20.0. The van der Waals surface area contributed by atoms with E-state index in [4.69, 9.17) is 4.74 Å². The molecule has 1 aromatic rings. The van der Waals surface area contributed by atoms with Crippen LogP contribution in [0, 0.1) is 11.8 Å². The minimum Gasteiger partial charge on any atom is -0.393 e. The van der Waals surface area contributed by atoms with Gasteiger partial charge < -0.3 is 19.5 Å². The number of nitrogens with zero attached hydrogens (tertiary/aromatic N) is 2.